The Balaban J connectivity index is 1.57. The number of benzene rings is 1. The molecule has 1 aromatic rings. The summed E-state index contributed by atoms with van der Waals surface area (Å²) in [6, 6.07) is 11.2. The van der Waals surface area contributed by atoms with E-state index in [1.807, 2.05) is 23.5 Å². The van der Waals surface area contributed by atoms with Crippen LogP contribution in [0.25, 0.3) is 0 Å². The van der Waals surface area contributed by atoms with Crippen LogP contribution in [0.3, 0.4) is 0 Å². The lowest BCUT2D eigenvalue weighted by molar-refractivity contribution is 0.214. The molecule has 0 amide bonds. The van der Waals surface area contributed by atoms with E-state index in [1.54, 1.807) is 0 Å². The number of guanidine groups is 1. The highest BCUT2D eigenvalue weighted by Gasteiger charge is 2.23. The van der Waals surface area contributed by atoms with Gasteiger partial charge < -0.3 is 10.6 Å². The maximum atomic E-state index is 6.20. The van der Waals surface area contributed by atoms with Crippen molar-refractivity contribution in [3.8, 4) is 0 Å². The zero-order valence-corrected chi connectivity index (χ0v) is 15.2. The fourth-order valence-electron chi connectivity index (χ4n) is 2.97. The largest absolute Gasteiger partial charge is 0.370 e. The third kappa shape index (κ3) is 5.06. The van der Waals surface area contributed by atoms with Crippen LogP contribution >= 0.6 is 23.5 Å². The molecule has 23 heavy (non-hydrogen) atoms. The monoisotopic (exact) mass is 350 g/mol. The minimum absolute atomic E-state index is 0.492. The van der Waals surface area contributed by atoms with Crippen LogP contribution in [0.1, 0.15) is 5.56 Å². The van der Waals surface area contributed by atoms with Gasteiger partial charge in [0.15, 0.2) is 5.96 Å². The summed E-state index contributed by atoms with van der Waals surface area (Å²) in [5.41, 5.74) is 7.59. The molecular formula is C17H26N4S2. The van der Waals surface area contributed by atoms with Crippen LogP contribution in [0.5, 0.6) is 0 Å². The molecular weight excluding hydrogens is 324 g/mol. The summed E-state index contributed by atoms with van der Waals surface area (Å²) in [6.45, 7) is 5.04. The lowest BCUT2D eigenvalue weighted by Gasteiger charge is -2.35. The van der Waals surface area contributed by atoms with Gasteiger partial charge in [-0.05, 0) is 5.56 Å². The highest BCUT2D eigenvalue weighted by atomic mass is 32.2. The second kappa shape index (κ2) is 8.85. The van der Waals surface area contributed by atoms with Crippen LogP contribution in [-0.2, 0) is 6.54 Å². The van der Waals surface area contributed by atoms with E-state index in [-0.39, 0.29) is 0 Å². The van der Waals surface area contributed by atoms with Gasteiger partial charge in [0.05, 0.1) is 6.54 Å². The number of hydrogen-bond donors (Lipinski definition) is 1. The summed E-state index contributed by atoms with van der Waals surface area (Å²) < 4.78 is 0. The Hall–Kier alpha value is -0.850. The first-order valence-electron chi connectivity index (χ1n) is 8.31. The van der Waals surface area contributed by atoms with E-state index in [9.17, 15) is 0 Å². The highest BCUT2D eigenvalue weighted by Crippen LogP contribution is 2.19. The fourth-order valence-corrected chi connectivity index (χ4v) is 5.00. The van der Waals surface area contributed by atoms with Gasteiger partial charge in [0.2, 0.25) is 0 Å². The minimum atomic E-state index is 0.492. The summed E-state index contributed by atoms with van der Waals surface area (Å²) >= 11 is 4.04. The van der Waals surface area contributed by atoms with Crippen LogP contribution in [0.15, 0.2) is 35.3 Å². The normalized spacial score (nSPS) is 23.9. The van der Waals surface area contributed by atoms with Gasteiger partial charge in [-0.2, -0.15) is 23.5 Å². The second-order valence-electron chi connectivity index (χ2n) is 5.98. The number of hydrogen-bond acceptors (Lipinski definition) is 4. The molecule has 0 bridgehead atoms. The van der Waals surface area contributed by atoms with Crippen LogP contribution in [0.4, 0.5) is 0 Å². The molecule has 0 spiro atoms. The van der Waals surface area contributed by atoms with E-state index in [4.69, 9.17) is 10.7 Å². The Bertz CT molecular complexity index is 503. The third-order valence-electron chi connectivity index (χ3n) is 4.38. The van der Waals surface area contributed by atoms with Gasteiger partial charge in [-0.1, -0.05) is 30.3 Å². The predicted octanol–water partition coefficient (Wildman–Crippen LogP) is 1.97. The van der Waals surface area contributed by atoms with Gasteiger partial charge in [-0.15, -0.1) is 0 Å². The van der Waals surface area contributed by atoms with E-state index in [0.717, 1.165) is 55.9 Å². The molecule has 2 fully saturated rings. The quantitative estimate of drug-likeness (QED) is 0.664. The highest BCUT2D eigenvalue weighted by molar-refractivity contribution is 7.99. The van der Waals surface area contributed by atoms with Crippen LogP contribution in [0.2, 0.25) is 0 Å². The maximum Gasteiger partial charge on any atom is 0.191 e. The van der Waals surface area contributed by atoms with Crippen LogP contribution in [0, 0.1) is 0 Å². The van der Waals surface area contributed by atoms with E-state index >= 15 is 0 Å². The van der Waals surface area contributed by atoms with Crippen molar-refractivity contribution in [2.45, 2.75) is 12.6 Å². The summed E-state index contributed by atoms with van der Waals surface area (Å²) in [5, 5.41) is 0. The molecule has 1 aromatic carbocycles. The molecule has 1 unspecified atom stereocenters. The summed E-state index contributed by atoms with van der Waals surface area (Å²) in [4.78, 5) is 9.51. The molecule has 0 aromatic heterocycles. The molecule has 4 nitrogen and oxygen atoms in total. The predicted molar refractivity (Wildman–Crippen MR) is 103 cm³/mol. The van der Waals surface area contributed by atoms with Gasteiger partial charge >= 0.3 is 0 Å². The first kappa shape index (κ1) is 17.0. The van der Waals surface area contributed by atoms with Crippen molar-refractivity contribution in [2.75, 3.05) is 49.2 Å². The molecule has 2 saturated heterocycles. The Morgan fingerprint density at radius 2 is 1.83 bits per heavy atom. The second-order valence-corrected chi connectivity index (χ2v) is 8.36. The first-order chi connectivity index (χ1) is 11.3. The number of aliphatic imine (C=N–C) groups is 1. The lowest BCUT2D eigenvalue weighted by Crippen LogP contribution is -2.46. The summed E-state index contributed by atoms with van der Waals surface area (Å²) in [5.74, 6) is 5.43. The lowest BCUT2D eigenvalue weighted by atomic mass is 10.2. The Labute approximate surface area is 147 Å². The van der Waals surface area contributed by atoms with E-state index in [2.05, 4.69) is 40.1 Å². The van der Waals surface area contributed by atoms with Gasteiger partial charge in [0.1, 0.15) is 0 Å². The molecule has 0 radical (unpaired) electrons. The smallest absolute Gasteiger partial charge is 0.191 e. The van der Waals surface area contributed by atoms with Crippen LogP contribution in [-0.4, -0.2) is 71.0 Å². The standard InChI is InChI=1S/C17H26N4S2/c18-17(20-6-9-22-10-7-20)19-12-16-14-23-11-8-21(16)13-15-4-2-1-3-5-15/h1-5,16H,6-14H2,(H2,18,19). The van der Waals surface area contributed by atoms with Gasteiger partial charge in [-0.3, -0.25) is 9.89 Å². The fraction of sp³-hybridized carbons (Fsp3) is 0.588. The maximum absolute atomic E-state index is 6.20. The molecule has 0 aliphatic carbocycles. The molecule has 2 aliphatic heterocycles. The molecule has 1 atom stereocenters. The zero-order chi connectivity index (χ0) is 15.9. The molecule has 126 valence electrons. The van der Waals surface area contributed by atoms with Crippen molar-refractivity contribution >= 4 is 29.5 Å². The first-order valence-corrected chi connectivity index (χ1v) is 10.6. The minimum Gasteiger partial charge on any atom is -0.370 e. The number of thioether (sulfide) groups is 2. The number of nitrogens with two attached hydrogens (primary N) is 1. The zero-order valence-electron chi connectivity index (χ0n) is 13.6. The summed E-state index contributed by atoms with van der Waals surface area (Å²) in [6.07, 6.45) is 0. The van der Waals surface area contributed by atoms with Gasteiger partial charge in [0, 0.05) is 55.2 Å². The van der Waals surface area contributed by atoms with Crippen molar-refractivity contribution in [2.24, 2.45) is 10.7 Å². The Kier molecular flexibility index (Phi) is 6.54. The van der Waals surface area contributed by atoms with E-state index < -0.39 is 0 Å². The van der Waals surface area contributed by atoms with Crippen molar-refractivity contribution in [1.29, 1.82) is 0 Å². The van der Waals surface area contributed by atoms with Crippen molar-refractivity contribution in [3.05, 3.63) is 35.9 Å². The third-order valence-corrected chi connectivity index (χ3v) is 6.41. The molecule has 0 saturated carbocycles. The van der Waals surface area contributed by atoms with Crippen LogP contribution < -0.4 is 5.73 Å². The molecule has 6 heteroatoms. The SMILES string of the molecule is NC(=NCC1CSCCN1Cc1ccccc1)N1CCSCC1. The van der Waals surface area contributed by atoms with E-state index in [1.165, 1.54) is 11.3 Å². The average Bonchev–Trinajstić information content (AvgIpc) is 2.62. The number of nitrogens with zero attached hydrogens (tertiary/aromatic N) is 3. The van der Waals surface area contributed by atoms with Gasteiger partial charge in [0.25, 0.3) is 0 Å². The average molecular weight is 351 g/mol. The van der Waals surface area contributed by atoms with Gasteiger partial charge in [-0.25, -0.2) is 0 Å². The topological polar surface area (TPSA) is 44.9 Å². The molecule has 2 aliphatic rings. The molecule has 2 heterocycles. The van der Waals surface area contributed by atoms with E-state index in [0.29, 0.717) is 6.04 Å². The molecule has 2 N–H and O–H groups in total. The molecule has 3 rings (SSSR count). The van der Waals surface area contributed by atoms with Crippen molar-refractivity contribution in [1.82, 2.24) is 9.80 Å². The Morgan fingerprint density at radius 1 is 1.09 bits per heavy atom. The Morgan fingerprint density at radius 3 is 2.61 bits per heavy atom. The summed E-state index contributed by atoms with van der Waals surface area (Å²) in [7, 11) is 0. The van der Waals surface area contributed by atoms with Crippen molar-refractivity contribution in [3.63, 3.8) is 0 Å². The van der Waals surface area contributed by atoms with Crippen molar-refractivity contribution < 1.29 is 0 Å². The number of rotatable bonds is 4.